The van der Waals surface area contributed by atoms with Gasteiger partial charge in [-0.2, -0.15) is 0 Å². The van der Waals surface area contributed by atoms with E-state index < -0.39 is 0 Å². The first kappa shape index (κ1) is 21.0. The highest BCUT2D eigenvalue weighted by molar-refractivity contribution is 6.31. The van der Waals surface area contributed by atoms with Crippen LogP contribution in [0.2, 0.25) is 5.02 Å². The van der Waals surface area contributed by atoms with Crippen molar-refractivity contribution in [1.29, 1.82) is 0 Å². The summed E-state index contributed by atoms with van der Waals surface area (Å²) in [5.74, 6) is 2.06. The van der Waals surface area contributed by atoms with E-state index in [4.69, 9.17) is 16.3 Å². The fraction of sp³-hybridized carbons (Fsp3) is 0.409. The topological polar surface area (TPSA) is 41.6 Å². The van der Waals surface area contributed by atoms with Crippen molar-refractivity contribution in [3.05, 3.63) is 64.7 Å². The number of methoxy groups -OCH3 is 1. The van der Waals surface area contributed by atoms with Crippen LogP contribution in [0, 0.1) is 11.8 Å². The lowest BCUT2D eigenvalue weighted by Gasteiger charge is -2.28. The number of carbonyl (C=O) groups is 1. The maximum Gasteiger partial charge on any atom is 0.223 e. The van der Waals surface area contributed by atoms with E-state index in [1.165, 1.54) is 5.56 Å². The molecule has 2 aliphatic heterocycles. The Morgan fingerprint density at radius 3 is 2.64 bits per heavy atom. The van der Waals surface area contributed by atoms with Gasteiger partial charge in [-0.25, -0.2) is 0 Å². The van der Waals surface area contributed by atoms with Gasteiger partial charge in [0.1, 0.15) is 5.75 Å². The number of amides is 1. The summed E-state index contributed by atoms with van der Waals surface area (Å²) in [4.78, 5) is 15.2. The van der Waals surface area contributed by atoms with Crippen LogP contribution >= 0.6 is 24.0 Å². The summed E-state index contributed by atoms with van der Waals surface area (Å²) in [6.45, 7) is 2.79. The minimum atomic E-state index is 0. The first-order valence-electron chi connectivity index (χ1n) is 9.55. The molecule has 4 rings (SSSR count). The number of benzene rings is 2. The number of halogens is 2. The van der Waals surface area contributed by atoms with E-state index in [2.05, 4.69) is 22.3 Å². The largest absolute Gasteiger partial charge is 0.497 e. The summed E-state index contributed by atoms with van der Waals surface area (Å²) in [5, 5.41) is 4.23. The molecule has 1 N–H and O–H groups in total. The van der Waals surface area contributed by atoms with E-state index in [-0.39, 0.29) is 24.4 Å². The molecule has 0 saturated carbocycles. The van der Waals surface area contributed by atoms with Gasteiger partial charge in [-0.3, -0.25) is 4.79 Å². The molecule has 1 amide bonds. The summed E-state index contributed by atoms with van der Waals surface area (Å²) < 4.78 is 5.29. The SMILES string of the molecule is COc1ccc([C@H]2[C@H]3CNC[C@H]3CN2C(=O)CCc2ccccc2Cl)cc1.Cl. The molecule has 6 heteroatoms. The van der Waals surface area contributed by atoms with Crippen molar-refractivity contribution in [2.24, 2.45) is 11.8 Å². The van der Waals surface area contributed by atoms with Crippen molar-refractivity contribution in [2.45, 2.75) is 18.9 Å². The molecule has 0 radical (unpaired) electrons. The Hall–Kier alpha value is -1.75. The van der Waals surface area contributed by atoms with Gasteiger partial charge in [0.25, 0.3) is 0 Å². The number of hydrogen-bond donors (Lipinski definition) is 1. The molecular weight excluding hydrogens is 395 g/mol. The van der Waals surface area contributed by atoms with Crippen molar-refractivity contribution in [2.75, 3.05) is 26.7 Å². The average Bonchev–Trinajstić information content (AvgIpc) is 3.28. The van der Waals surface area contributed by atoms with Crippen molar-refractivity contribution in [3.63, 3.8) is 0 Å². The van der Waals surface area contributed by atoms with Crippen LogP contribution in [0.4, 0.5) is 0 Å². The molecule has 28 heavy (non-hydrogen) atoms. The zero-order valence-electron chi connectivity index (χ0n) is 15.9. The Bertz CT molecular complexity index is 812. The lowest BCUT2D eigenvalue weighted by Crippen LogP contribution is -2.34. The van der Waals surface area contributed by atoms with Crippen molar-refractivity contribution < 1.29 is 9.53 Å². The average molecular weight is 421 g/mol. The van der Waals surface area contributed by atoms with Gasteiger partial charge < -0.3 is 15.0 Å². The van der Waals surface area contributed by atoms with E-state index in [1.54, 1.807) is 7.11 Å². The lowest BCUT2D eigenvalue weighted by atomic mass is 9.89. The smallest absolute Gasteiger partial charge is 0.223 e. The number of nitrogens with zero attached hydrogens (tertiary/aromatic N) is 1. The molecular formula is C22H26Cl2N2O2. The zero-order chi connectivity index (χ0) is 18.8. The molecule has 2 aliphatic rings. The summed E-state index contributed by atoms with van der Waals surface area (Å²) in [6, 6.07) is 16.1. The highest BCUT2D eigenvalue weighted by Gasteiger charge is 2.46. The first-order chi connectivity index (χ1) is 13.2. The fourth-order valence-electron chi connectivity index (χ4n) is 4.49. The third-order valence-corrected chi connectivity index (χ3v) is 6.28. The minimum Gasteiger partial charge on any atom is -0.497 e. The zero-order valence-corrected chi connectivity index (χ0v) is 17.5. The van der Waals surface area contributed by atoms with Crippen LogP contribution in [0.15, 0.2) is 48.5 Å². The molecule has 150 valence electrons. The molecule has 2 aromatic carbocycles. The number of fused-ring (bicyclic) bond motifs is 1. The monoisotopic (exact) mass is 420 g/mol. The molecule has 0 spiro atoms. The fourth-order valence-corrected chi connectivity index (χ4v) is 4.72. The van der Waals surface area contributed by atoms with Crippen LogP contribution in [0.5, 0.6) is 5.75 Å². The molecule has 0 aromatic heterocycles. The van der Waals surface area contributed by atoms with E-state index >= 15 is 0 Å². The Morgan fingerprint density at radius 1 is 1.18 bits per heavy atom. The van der Waals surface area contributed by atoms with Gasteiger partial charge in [-0.05, 0) is 41.7 Å². The maximum absolute atomic E-state index is 13.1. The molecule has 2 saturated heterocycles. The van der Waals surface area contributed by atoms with Gasteiger partial charge in [-0.1, -0.05) is 41.9 Å². The third kappa shape index (κ3) is 4.14. The normalized spacial score (nSPS) is 23.2. The summed E-state index contributed by atoms with van der Waals surface area (Å²) in [5.41, 5.74) is 2.23. The van der Waals surface area contributed by atoms with Crippen LogP contribution in [-0.4, -0.2) is 37.6 Å². The van der Waals surface area contributed by atoms with E-state index in [9.17, 15) is 4.79 Å². The molecule has 2 fully saturated rings. The second-order valence-electron chi connectivity index (χ2n) is 7.44. The summed E-state index contributed by atoms with van der Waals surface area (Å²) in [7, 11) is 1.67. The Balaban J connectivity index is 0.00000225. The number of carbonyl (C=O) groups excluding carboxylic acids is 1. The molecule has 3 atom stereocenters. The molecule has 0 aliphatic carbocycles. The van der Waals surface area contributed by atoms with Crippen LogP contribution in [-0.2, 0) is 11.2 Å². The summed E-state index contributed by atoms with van der Waals surface area (Å²) >= 11 is 6.25. The van der Waals surface area contributed by atoms with Gasteiger partial charge in [-0.15, -0.1) is 12.4 Å². The van der Waals surface area contributed by atoms with Crippen LogP contribution in [0.25, 0.3) is 0 Å². The van der Waals surface area contributed by atoms with Crippen LogP contribution in [0.3, 0.4) is 0 Å². The Morgan fingerprint density at radius 2 is 1.93 bits per heavy atom. The standard InChI is InChI=1S/C22H25ClN2O2.ClH/c1-27-18-9-6-16(7-10-18)22-19-13-24-12-17(19)14-25(22)21(26)11-8-15-4-2-3-5-20(15)23;/h2-7,9-10,17,19,22,24H,8,11-14H2,1H3;1H/t17-,19-,22-;/m0./s1. The van der Waals surface area contributed by atoms with Crippen molar-refractivity contribution in [3.8, 4) is 5.75 Å². The number of nitrogens with one attached hydrogen (secondary N) is 1. The molecule has 4 nitrogen and oxygen atoms in total. The number of hydrogen-bond acceptors (Lipinski definition) is 3. The molecule has 2 aromatic rings. The second-order valence-corrected chi connectivity index (χ2v) is 7.84. The van der Waals surface area contributed by atoms with Crippen LogP contribution < -0.4 is 10.1 Å². The van der Waals surface area contributed by atoms with Gasteiger partial charge >= 0.3 is 0 Å². The quantitative estimate of drug-likeness (QED) is 0.790. The number of likely N-dealkylation sites (tertiary alicyclic amines) is 1. The molecule has 2 heterocycles. The van der Waals surface area contributed by atoms with Gasteiger partial charge in [0.05, 0.1) is 13.2 Å². The third-order valence-electron chi connectivity index (χ3n) is 5.91. The van der Waals surface area contributed by atoms with E-state index in [0.717, 1.165) is 36.0 Å². The summed E-state index contributed by atoms with van der Waals surface area (Å²) in [6.07, 6.45) is 1.17. The predicted molar refractivity (Wildman–Crippen MR) is 114 cm³/mol. The highest BCUT2D eigenvalue weighted by Crippen LogP contribution is 2.43. The van der Waals surface area contributed by atoms with Crippen molar-refractivity contribution >= 4 is 29.9 Å². The highest BCUT2D eigenvalue weighted by atomic mass is 35.5. The van der Waals surface area contributed by atoms with Gasteiger partial charge in [0.2, 0.25) is 5.91 Å². The van der Waals surface area contributed by atoms with Crippen LogP contribution in [0.1, 0.15) is 23.6 Å². The van der Waals surface area contributed by atoms with Gasteiger partial charge in [0.15, 0.2) is 0 Å². The number of aryl methyl sites for hydroxylation is 1. The van der Waals surface area contributed by atoms with E-state index in [0.29, 0.717) is 24.7 Å². The number of ether oxygens (including phenoxy) is 1. The Kier molecular flexibility index (Phi) is 6.86. The second kappa shape index (κ2) is 9.17. The maximum atomic E-state index is 13.1. The van der Waals surface area contributed by atoms with Gasteiger partial charge in [0, 0.05) is 37.0 Å². The Labute approximate surface area is 177 Å². The van der Waals surface area contributed by atoms with E-state index in [1.807, 2.05) is 36.4 Å². The predicted octanol–water partition coefficient (Wildman–Crippen LogP) is 4.12. The minimum absolute atomic E-state index is 0. The lowest BCUT2D eigenvalue weighted by molar-refractivity contribution is -0.132. The molecule has 0 bridgehead atoms. The number of rotatable bonds is 5. The first-order valence-corrected chi connectivity index (χ1v) is 9.92. The molecule has 0 unspecified atom stereocenters. The van der Waals surface area contributed by atoms with Crippen molar-refractivity contribution in [1.82, 2.24) is 10.2 Å².